The van der Waals surface area contributed by atoms with Crippen LogP contribution in [0, 0.1) is 11.8 Å². The number of nitrogens with zero attached hydrogens (tertiary/aromatic N) is 2. The summed E-state index contributed by atoms with van der Waals surface area (Å²) in [7, 11) is -5.09. The third kappa shape index (κ3) is 7.98. The van der Waals surface area contributed by atoms with Crippen molar-refractivity contribution in [1.82, 2.24) is 9.55 Å². The molecule has 0 saturated carbocycles. The maximum atomic E-state index is 12.2. The predicted molar refractivity (Wildman–Crippen MR) is 93.7 cm³/mol. The number of unbranched alkanes of at least 4 members (excludes halogenated alkanes) is 2. The average Bonchev–Trinajstić information content (AvgIpc) is 2.87. The smallest absolute Gasteiger partial charge is 0.811 e. The molecule has 1 aromatic heterocycles. The fourth-order valence-corrected chi connectivity index (χ4v) is 3.42. The Morgan fingerprint density at radius 1 is 1.37 bits per heavy atom. The monoisotopic (exact) mass is 461 g/mol. The summed E-state index contributed by atoms with van der Waals surface area (Å²) in [5.41, 5.74) is 4.99. The molecule has 0 aliphatic carbocycles. The zero-order valence-corrected chi connectivity index (χ0v) is 22.0. The number of rotatable bonds is 6. The molecule has 14 heteroatoms. The fraction of sp³-hybridized carbons (Fsp3) is 0.625. The number of aromatic nitrogens is 2. The van der Waals surface area contributed by atoms with E-state index in [9.17, 15) is 34.5 Å². The molecule has 1 aromatic rings. The van der Waals surface area contributed by atoms with E-state index in [-0.39, 0.29) is 70.5 Å². The molecule has 1 aliphatic rings. The van der Waals surface area contributed by atoms with Crippen molar-refractivity contribution < 1.29 is 93.5 Å². The molecule has 1 saturated heterocycles. The zero-order chi connectivity index (χ0) is 21.1. The summed E-state index contributed by atoms with van der Waals surface area (Å²) in [6, 6.07) is 0. The number of aliphatic hydroxyl groups is 3. The van der Waals surface area contributed by atoms with Gasteiger partial charge in [0.25, 0.3) is 0 Å². The van der Waals surface area contributed by atoms with Crippen LogP contribution in [0.3, 0.4) is 0 Å². The molecule has 5 N–H and O–H groups in total. The van der Waals surface area contributed by atoms with E-state index in [1.807, 2.05) is 6.92 Å². The van der Waals surface area contributed by atoms with E-state index in [4.69, 9.17) is 10.5 Å². The van der Waals surface area contributed by atoms with Crippen LogP contribution >= 0.6 is 7.60 Å². The molecule has 1 aliphatic heterocycles. The average molecular weight is 461 g/mol. The van der Waals surface area contributed by atoms with Gasteiger partial charge < -0.3 is 40.1 Å². The first-order valence-electron chi connectivity index (χ1n) is 8.63. The van der Waals surface area contributed by atoms with Crippen LogP contribution in [0.15, 0.2) is 11.0 Å². The van der Waals surface area contributed by atoms with Gasteiger partial charge in [-0.05, 0) is 6.42 Å². The minimum Gasteiger partial charge on any atom is -0.811 e. The van der Waals surface area contributed by atoms with Crippen LogP contribution < -0.4 is 80.3 Å². The summed E-state index contributed by atoms with van der Waals surface area (Å²) in [6.45, 7) is 2.01. The van der Waals surface area contributed by atoms with Crippen LogP contribution in [0.2, 0.25) is 0 Å². The van der Waals surface area contributed by atoms with Crippen LogP contribution in [-0.4, -0.2) is 55.4 Å². The molecule has 30 heavy (non-hydrogen) atoms. The summed E-state index contributed by atoms with van der Waals surface area (Å²) in [5, 5.41) is 30.1. The summed E-state index contributed by atoms with van der Waals surface area (Å²) in [5.74, 6) is 5.52. The van der Waals surface area contributed by atoms with E-state index in [2.05, 4.69) is 16.8 Å². The molecule has 0 aromatic carbocycles. The van der Waals surface area contributed by atoms with Crippen LogP contribution in [-0.2, 0) is 9.30 Å². The van der Waals surface area contributed by atoms with Crippen LogP contribution in [0.25, 0.3) is 0 Å². The first-order valence-corrected chi connectivity index (χ1v) is 10.4. The van der Waals surface area contributed by atoms with E-state index in [0.717, 1.165) is 17.4 Å². The van der Waals surface area contributed by atoms with Crippen molar-refractivity contribution in [3.63, 3.8) is 0 Å². The molecule has 0 unspecified atom stereocenters. The summed E-state index contributed by atoms with van der Waals surface area (Å²) in [6.07, 6.45) is -5.97. The number of nitrogen functional groups attached to an aromatic ring is 1. The van der Waals surface area contributed by atoms with E-state index in [1.165, 1.54) is 6.20 Å². The zero-order valence-electron chi connectivity index (χ0n) is 17.1. The second kappa shape index (κ2) is 13.1. The Bertz CT molecular complexity index is 868. The van der Waals surface area contributed by atoms with E-state index in [1.54, 1.807) is 0 Å². The molecule has 11 nitrogen and oxygen atoms in total. The van der Waals surface area contributed by atoms with Gasteiger partial charge in [-0.2, -0.15) is 4.98 Å². The quantitative estimate of drug-likeness (QED) is 0.137. The summed E-state index contributed by atoms with van der Waals surface area (Å²) >= 11 is 0. The summed E-state index contributed by atoms with van der Waals surface area (Å²) in [4.78, 5) is 37.4. The van der Waals surface area contributed by atoms with Crippen LogP contribution in [0.5, 0.6) is 0 Å². The van der Waals surface area contributed by atoms with Crippen molar-refractivity contribution in [3.8, 4) is 11.8 Å². The molecule has 0 radical (unpaired) electrons. The number of anilines is 1. The second-order valence-electron chi connectivity index (χ2n) is 6.47. The minimum atomic E-state index is -5.09. The molecule has 0 amide bonds. The molecule has 2 heterocycles. The van der Waals surface area contributed by atoms with Gasteiger partial charge in [0.2, 0.25) is 0 Å². The van der Waals surface area contributed by atoms with Gasteiger partial charge in [0.05, 0.1) is 11.7 Å². The van der Waals surface area contributed by atoms with Crippen molar-refractivity contribution in [2.24, 2.45) is 0 Å². The maximum absolute atomic E-state index is 12.2. The van der Waals surface area contributed by atoms with E-state index < -0.39 is 50.1 Å². The number of hydrogen-bond donors (Lipinski definition) is 4. The van der Waals surface area contributed by atoms with E-state index >= 15 is 0 Å². The molecular formula is C16H22N3Na2O8P. The number of nitrogens with two attached hydrogens (primary N) is 1. The number of aliphatic hydroxyl groups excluding tert-OH is 3. The molecule has 0 bridgehead atoms. The Hall–Kier alpha value is 0.230. The molecule has 5 atom stereocenters. The Kier molecular flexibility index (Phi) is 13.2. The molecule has 1 fully saturated rings. The van der Waals surface area contributed by atoms with Crippen molar-refractivity contribution in [3.05, 3.63) is 22.2 Å². The Balaban J connectivity index is 0.00000420. The van der Waals surface area contributed by atoms with Gasteiger partial charge in [-0.3, -0.25) is 4.57 Å². The first kappa shape index (κ1) is 30.2. The third-order valence-corrected chi connectivity index (χ3v) is 5.02. The standard InChI is InChI=1S/C16H24N3O8P.2Na/c1-2-3-4-5-6-9-7-19(16(23)18-14(9)17)15-12(22)11(21)13(27-15)10(20)8-28(24,25)26;;/h7,10-13,15,20-22H,2-4,8H2,1H3,(H2,17,18,23)(H2,24,25,26);;/q;2*+1/p-2/t10-,11+,12-,13-,15-;;/m1../s1. The molecule has 2 rings (SSSR count). The molecule has 0 spiro atoms. The van der Waals surface area contributed by atoms with Crippen molar-refractivity contribution in [2.75, 3.05) is 11.9 Å². The van der Waals surface area contributed by atoms with Gasteiger partial charge in [-0.25, -0.2) is 4.79 Å². The maximum Gasteiger partial charge on any atom is 1.00 e. The topological polar surface area (TPSA) is 194 Å². The van der Waals surface area contributed by atoms with Gasteiger partial charge >= 0.3 is 64.8 Å². The molecular weight excluding hydrogens is 439 g/mol. The minimum absolute atomic E-state index is 0. The van der Waals surface area contributed by atoms with Gasteiger partial charge in [0.1, 0.15) is 24.1 Å². The molecule has 156 valence electrons. The number of ether oxygens (including phenoxy) is 1. The Morgan fingerprint density at radius 2 is 2.00 bits per heavy atom. The Morgan fingerprint density at radius 3 is 2.57 bits per heavy atom. The van der Waals surface area contributed by atoms with Crippen molar-refractivity contribution >= 4 is 13.4 Å². The van der Waals surface area contributed by atoms with Gasteiger partial charge in [0.15, 0.2) is 6.23 Å². The van der Waals surface area contributed by atoms with Crippen molar-refractivity contribution in [2.45, 2.75) is 56.8 Å². The predicted octanol–water partition coefficient (Wildman–Crippen LogP) is -8.73. The van der Waals surface area contributed by atoms with Gasteiger partial charge in [-0.1, -0.05) is 32.8 Å². The van der Waals surface area contributed by atoms with Crippen LogP contribution in [0.4, 0.5) is 5.82 Å². The van der Waals surface area contributed by atoms with Crippen LogP contribution in [0.1, 0.15) is 38.0 Å². The van der Waals surface area contributed by atoms with Crippen molar-refractivity contribution in [1.29, 1.82) is 0 Å². The summed E-state index contributed by atoms with van der Waals surface area (Å²) < 4.78 is 17.0. The Labute approximate surface area is 217 Å². The SMILES string of the molecule is CCCCC#Cc1cn([C@@H]2O[C@H]([C@H](O)CP(=O)([O-])[O-])[C@@H](O)[C@H]2O)c(=O)nc1N.[Na+].[Na+]. The second-order valence-corrected chi connectivity index (χ2v) is 8.06. The first-order chi connectivity index (χ1) is 13.0. The number of hydrogen-bond acceptors (Lipinski definition) is 10. The van der Waals surface area contributed by atoms with Gasteiger partial charge in [0, 0.05) is 18.8 Å². The van der Waals surface area contributed by atoms with Gasteiger partial charge in [-0.15, -0.1) is 0 Å². The third-order valence-electron chi connectivity index (χ3n) is 4.20. The van der Waals surface area contributed by atoms with E-state index in [0.29, 0.717) is 6.42 Å². The fourth-order valence-electron chi connectivity index (χ4n) is 2.75. The largest absolute Gasteiger partial charge is 1.00 e. The normalized spacial score (nSPS) is 24.2.